The van der Waals surface area contributed by atoms with E-state index in [-0.39, 0.29) is 157 Å². The molecule has 10 fully saturated rings. The van der Waals surface area contributed by atoms with Crippen molar-refractivity contribution in [2.45, 2.75) is 373 Å². The van der Waals surface area contributed by atoms with Crippen molar-refractivity contribution in [2.75, 3.05) is 52.7 Å². The lowest BCUT2D eigenvalue weighted by molar-refractivity contribution is -0.336. The summed E-state index contributed by atoms with van der Waals surface area (Å²) in [5.41, 5.74) is 3.78. The van der Waals surface area contributed by atoms with Gasteiger partial charge in [-0.05, 0) is 268 Å². The first-order valence-electron chi connectivity index (χ1n) is 50.2. The van der Waals surface area contributed by atoms with E-state index in [0.29, 0.717) is 73.9 Å². The Balaban J connectivity index is 0.000000292. The van der Waals surface area contributed by atoms with E-state index in [4.69, 9.17) is 49.0 Å². The monoisotopic (exact) mass is 1880 g/mol. The van der Waals surface area contributed by atoms with E-state index in [1.165, 1.54) is 52.7 Å². The molecular formula is C106H178N2O25. The first-order valence-corrected chi connectivity index (χ1v) is 50.2. The van der Waals surface area contributed by atoms with Crippen LogP contribution in [0.1, 0.15) is 339 Å². The van der Waals surface area contributed by atoms with E-state index in [1.54, 1.807) is 13.8 Å². The summed E-state index contributed by atoms with van der Waals surface area (Å²) < 4.78 is 33.0. The molecule has 0 spiro atoms. The fourth-order valence-electron chi connectivity index (χ4n) is 31.7. The Labute approximate surface area is 797 Å². The Morgan fingerprint density at radius 3 is 1.26 bits per heavy atom. The van der Waals surface area contributed by atoms with E-state index in [2.05, 4.69) is 154 Å². The molecule has 0 radical (unpaired) electrons. The fraction of sp³-hybridized carbons (Fsp3) is 0.858. The molecule has 27 nitrogen and oxygen atoms in total. The van der Waals surface area contributed by atoms with E-state index >= 15 is 0 Å². The predicted molar refractivity (Wildman–Crippen MR) is 507 cm³/mol. The summed E-state index contributed by atoms with van der Waals surface area (Å²) in [6.07, 6.45) is 17.3. The quantitative estimate of drug-likeness (QED) is 0.00908. The third-order valence-electron chi connectivity index (χ3n) is 38.0. The highest BCUT2D eigenvalue weighted by Crippen LogP contribution is 2.79. The number of hydrogen-bond donors (Lipinski definition) is 6. The molecule has 0 aliphatic heterocycles. The van der Waals surface area contributed by atoms with E-state index < -0.39 is 105 Å². The molecule has 0 aromatic heterocycles. The molecule has 7 N–H and O–H groups in total. The minimum atomic E-state index is -0.907. The highest BCUT2D eigenvalue weighted by atomic mass is 17.2. The van der Waals surface area contributed by atoms with Crippen LogP contribution in [0.15, 0.2) is 23.3 Å². The van der Waals surface area contributed by atoms with E-state index in [1.807, 2.05) is 20.8 Å². The van der Waals surface area contributed by atoms with Crippen molar-refractivity contribution in [3.05, 3.63) is 23.3 Å². The van der Waals surface area contributed by atoms with Crippen LogP contribution in [0.2, 0.25) is 0 Å². The summed E-state index contributed by atoms with van der Waals surface area (Å²) in [5, 5.41) is 45.9. The standard InChI is InChI=1S/C40H63NO9.C30H48O5.C27H48O6.C5H9NO2.C4H6O3.2H2/c1-11-46-32(44)22-41-35(45)40-18-15-24(3)25(4)33(40)28-13-14-31-36(7)21-29(49-26(5)42)34(50-27(6)43)37(8,23-48-47-12-2)30(36)16-17-39(31,10)38(28,9)19-20-40;1-17-9-12-30(25(34)35)14-13-28(5)19(23(30)18(17)2)7-8-22-26(3)15-20(32)24(33)27(4,16-31)21(26)10-11-29(22,28)6;1-12-30-31-16-27(11)21-14-13-19(24(4,5)6)22(25(7,8)9)26(21,10)15-20(32-17(2)28)23(27)33-18(3)29;1-2-4(7)5(8)3-6;1-3(5)7-4(2)6;;/h13,24-25,29-31,33-34H,11-12,14-23H2,1-10H3,(H,41,45);7,17-18,20-24,31-33H,8-16H2,1-6H3,(H,34,35);19-23H,12-16H2,1-11H3;2-3,6H2,1H3;1-2H3;2*1H/t24-,25+,29-,30?,31?,33?,34+,36+,37+,38-,39-,40+;17-,18+,20-,21?,22?,23?,24+,26+,27+,28-,29-,30+;19?,20-,21?,22?,23+,26+,27+;;;;/m111..../s1. The second-order valence-corrected chi connectivity index (χ2v) is 47.3. The number of carboxylic acid groups (broad SMARTS) is 1. The molecule has 12 aliphatic carbocycles. The van der Waals surface area contributed by atoms with Gasteiger partial charge in [-0.3, -0.25) is 52.7 Å². The SMILES string of the molecule is CC(=O)OC(C)=O.CCC(=O)C(=O)CN.CCOOC[C@@]1(C)C2CCC(C(C)(C)C)C(C(C)(C)C)[C@@]2(C)C[C@@H](OC(C)=O)[C@@H]1OC(C)=O.CCOOC[C@@]1(C)C2CC[C@]3(C)C(CC=C4C5[C@@H](C)[C@H](C)CC[C@]5(C(=O)NCC(=O)OCC)CC[C@]43C)[C@@]2(C)C[C@@H](OC(C)=O)[C@@H]1OC(C)=O.C[C@@H]1CC[C@]2(C(=O)O)CC[C@]3(C)C(=CCC4[C@@]5(C)C[C@@H](O)[C@H](O)[C@@](C)(CO)C5CC[C@]43C)C2[C@H]1C.[HH].[HH]. The van der Waals surface area contributed by atoms with Gasteiger partial charge in [0.25, 0.3) is 0 Å². The van der Waals surface area contributed by atoms with Crippen molar-refractivity contribution in [2.24, 2.45) is 158 Å². The van der Waals surface area contributed by atoms with Crippen LogP contribution in [0.25, 0.3) is 0 Å². The topological polar surface area (TPSA) is 399 Å². The predicted octanol–water partition coefficient (Wildman–Crippen LogP) is 17.8. The van der Waals surface area contributed by atoms with Gasteiger partial charge in [-0.1, -0.05) is 169 Å². The summed E-state index contributed by atoms with van der Waals surface area (Å²) in [4.78, 5) is 151. The summed E-state index contributed by atoms with van der Waals surface area (Å²) in [6.45, 7) is 62.6. The maximum absolute atomic E-state index is 14.3. The summed E-state index contributed by atoms with van der Waals surface area (Å²) in [5.74, 6) is -0.814. The molecule has 762 valence electrons. The zero-order chi connectivity index (χ0) is 100. The van der Waals surface area contributed by atoms with Crippen LogP contribution in [0, 0.1) is 153 Å². The van der Waals surface area contributed by atoms with E-state index in [9.17, 15) is 73.2 Å². The number of aliphatic carboxylic acids is 1. The van der Waals surface area contributed by atoms with Gasteiger partial charge in [0, 0.05) is 67.1 Å². The Morgan fingerprint density at radius 2 is 0.887 bits per heavy atom. The number of amides is 1. The molecular weight excluding hydrogens is 1700 g/mol. The van der Waals surface area contributed by atoms with Crippen molar-refractivity contribution in [1.82, 2.24) is 5.32 Å². The minimum Gasteiger partial charge on any atom is -0.481 e. The number of nitrogens with two attached hydrogens (primary N) is 1. The smallest absolute Gasteiger partial charge is 0.325 e. The third kappa shape index (κ3) is 21.1. The molecule has 0 saturated heterocycles. The molecule has 10 saturated carbocycles. The molecule has 9 unspecified atom stereocenters. The fourth-order valence-corrected chi connectivity index (χ4v) is 31.7. The van der Waals surface area contributed by atoms with Crippen LogP contribution >= 0.6 is 0 Å². The van der Waals surface area contributed by atoms with Gasteiger partial charge in [0.05, 0.1) is 69.2 Å². The Morgan fingerprint density at radius 1 is 0.474 bits per heavy atom. The number of ether oxygens (including phenoxy) is 6. The number of esters is 7. The average Bonchev–Trinajstić information content (AvgIpc) is 0.671. The van der Waals surface area contributed by atoms with Gasteiger partial charge in [-0.15, -0.1) is 0 Å². The number of ketones is 2. The lowest BCUT2D eigenvalue weighted by Crippen LogP contribution is -2.69. The lowest BCUT2D eigenvalue weighted by Gasteiger charge is -2.72. The van der Waals surface area contributed by atoms with Gasteiger partial charge in [0.2, 0.25) is 11.7 Å². The van der Waals surface area contributed by atoms with Crippen molar-refractivity contribution in [1.29, 1.82) is 0 Å². The molecule has 0 aromatic rings. The second kappa shape index (κ2) is 42.5. The number of carbonyl (C=O) groups excluding carboxylic acids is 10. The molecule has 133 heavy (non-hydrogen) atoms. The van der Waals surface area contributed by atoms with Crippen LogP contribution in [0.3, 0.4) is 0 Å². The maximum atomic E-state index is 14.3. The van der Waals surface area contributed by atoms with Crippen LogP contribution in [0.4, 0.5) is 0 Å². The van der Waals surface area contributed by atoms with Gasteiger partial charge < -0.3 is 59.9 Å². The number of Topliss-reactive ketones (excluding diaryl/α,β-unsaturated/α-hetero) is 2. The van der Waals surface area contributed by atoms with Crippen molar-refractivity contribution in [3.8, 4) is 0 Å². The zero-order valence-corrected chi connectivity index (χ0v) is 86.9. The molecule has 31 atom stereocenters. The summed E-state index contributed by atoms with van der Waals surface area (Å²) in [6, 6.07) is 0. The minimum absolute atomic E-state index is 0. The van der Waals surface area contributed by atoms with Crippen LogP contribution < -0.4 is 11.1 Å². The van der Waals surface area contributed by atoms with Gasteiger partial charge in [-0.25, -0.2) is 19.6 Å². The largest absolute Gasteiger partial charge is 0.481 e. The number of allylic oxidation sites excluding steroid dienone is 4. The highest BCUT2D eigenvalue weighted by molar-refractivity contribution is 6.37. The number of aliphatic hydroxyl groups excluding tert-OH is 3. The first-order chi connectivity index (χ1) is 61.5. The van der Waals surface area contributed by atoms with Crippen molar-refractivity contribution in [3.63, 3.8) is 0 Å². The number of carbonyl (C=O) groups is 11. The Hall–Kier alpha value is -6.07. The van der Waals surface area contributed by atoms with Crippen molar-refractivity contribution >= 4 is 65.2 Å². The number of nitrogens with one attached hydrogen (secondary N) is 1. The van der Waals surface area contributed by atoms with Crippen LogP contribution in [-0.4, -0.2) is 175 Å². The number of hydrogen-bond acceptors (Lipinski definition) is 25. The molecule has 0 heterocycles. The van der Waals surface area contributed by atoms with Crippen LogP contribution in [-0.2, 0) is 101 Å². The number of rotatable bonds is 21. The molecule has 12 rings (SSSR count). The zero-order valence-electron chi connectivity index (χ0n) is 86.9. The number of carboxylic acids is 1. The molecule has 12 aliphatic rings. The van der Waals surface area contributed by atoms with Crippen molar-refractivity contribution < 1.29 is 124 Å². The average molecular weight is 1880 g/mol. The van der Waals surface area contributed by atoms with Crippen LogP contribution in [0.5, 0.6) is 0 Å². The van der Waals surface area contributed by atoms with Gasteiger partial charge in [0.1, 0.15) is 31.0 Å². The van der Waals surface area contributed by atoms with Gasteiger partial charge in [-0.2, -0.15) is 0 Å². The maximum Gasteiger partial charge on any atom is 0.325 e. The Bertz CT molecular complexity index is 4230. The third-order valence-corrected chi connectivity index (χ3v) is 38.0. The van der Waals surface area contributed by atoms with Gasteiger partial charge in [0.15, 0.2) is 5.78 Å². The van der Waals surface area contributed by atoms with E-state index in [0.717, 1.165) is 103 Å². The van der Waals surface area contributed by atoms with Gasteiger partial charge >= 0.3 is 47.8 Å². The first kappa shape index (κ1) is 112. The highest BCUT2D eigenvalue weighted by Gasteiger charge is 2.75. The normalized spacial score (nSPS) is 41.7. The summed E-state index contributed by atoms with van der Waals surface area (Å²) >= 11 is 0. The number of fused-ring (bicyclic) bond motifs is 15. The molecule has 0 aromatic carbocycles. The lowest BCUT2D eigenvalue weighted by atomic mass is 9.33. The molecule has 27 heteroatoms. The summed E-state index contributed by atoms with van der Waals surface area (Å²) in [7, 11) is 0. The molecule has 1 amide bonds. The Kier molecular flexibility index (Phi) is 35.9. The second-order valence-electron chi connectivity index (χ2n) is 47.3. The number of aliphatic hydroxyl groups is 3. The molecule has 0 bridgehead atoms.